The zero-order chi connectivity index (χ0) is 35.3. The van der Waals surface area contributed by atoms with Crippen LogP contribution in [-0.4, -0.2) is 0 Å². The number of benzene rings is 10. The van der Waals surface area contributed by atoms with Crippen LogP contribution in [0.3, 0.4) is 0 Å². The van der Waals surface area contributed by atoms with Crippen molar-refractivity contribution in [2.24, 2.45) is 0 Å². The fourth-order valence-corrected chi connectivity index (χ4v) is 9.47. The number of hydrogen-bond donors (Lipinski definition) is 0. The molecule has 0 fully saturated rings. The Morgan fingerprint density at radius 2 is 0.717 bits per heavy atom. The van der Waals surface area contributed by atoms with Crippen molar-refractivity contribution in [2.75, 3.05) is 0 Å². The third kappa shape index (κ3) is 4.49. The fourth-order valence-electron chi connectivity index (χ4n) is 9.47. The van der Waals surface area contributed by atoms with Crippen LogP contribution in [0.5, 0.6) is 0 Å². The first kappa shape index (κ1) is 30.2. The van der Waals surface area contributed by atoms with Gasteiger partial charge in [-0.15, -0.1) is 0 Å². The molecular formula is C53H36. The second-order valence-corrected chi connectivity index (χ2v) is 15.3. The molecule has 10 aromatic rings. The van der Waals surface area contributed by atoms with Gasteiger partial charge in [0.15, 0.2) is 0 Å². The Kier molecular flexibility index (Phi) is 6.40. The number of fused-ring (bicyclic) bond motifs is 8. The van der Waals surface area contributed by atoms with Crippen LogP contribution in [0.25, 0.3) is 98.4 Å². The zero-order valence-electron chi connectivity index (χ0n) is 29.8. The maximum Gasteiger partial charge on any atom is 0.0165 e. The van der Waals surface area contributed by atoms with Crippen molar-refractivity contribution in [2.45, 2.75) is 19.3 Å². The third-order valence-electron chi connectivity index (χ3n) is 11.9. The maximum atomic E-state index is 2.41. The van der Waals surface area contributed by atoms with E-state index in [1.807, 2.05) is 0 Å². The molecule has 0 atom stereocenters. The molecule has 0 saturated heterocycles. The average molecular weight is 673 g/mol. The van der Waals surface area contributed by atoms with E-state index in [9.17, 15) is 0 Å². The van der Waals surface area contributed by atoms with Crippen LogP contribution in [-0.2, 0) is 5.41 Å². The Labute approximate surface area is 309 Å². The summed E-state index contributed by atoms with van der Waals surface area (Å²) in [6.45, 7) is 4.78. The van der Waals surface area contributed by atoms with Gasteiger partial charge in [0.1, 0.15) is 0 Å². The second kappa shape index (κ2) is 11.2. The van der Waals surface area contributed by atoms with Crippen LogP contribution < -0.4 is 0 Å². The van der Waals surface area contributed by atoms with Gasteiger partial charge in [-0.2, -0.15) is 0 Å². The lowest BCUT2D eigenvalue weighted by Gasteiger charge is -2.25. The summed E-state index contributed by atoms with van der Waals surface area (Å²) in [5.74, 6) is 0. The highest BCUT2D eigenvalue weighted by molar-refractivity contribution is 6.22. The van der Waals surface area contributed by atoms with E-state index in [-0.39, 0.29) is 5.41 Å². The van der Waals surface area contributed by atoms with Gasteiger partial charge in [0.05, 0.1) is 0 Å². The monoisotopic (exact) mass is 672 g/mol. The van der Waals surface area contributed by atoms with Crippen molar-refractivity contribution in [1.82, 2.24) is 0 Å². The van der Waals surface area contributed by atoms with Gasteiger partial charge in [0, 0.05) is 5.41 Å². The summed E-state index contributed by atoms with van der Waals surface area (Å²) < 4.78 is 0. The van der Waals surface area contributed by atoms with Crippen molar-refractivity contribution in [3.63, 3.8) is 0 Å². The summed E-state index contributed by atoms with van der Waals surface area (Å²) in [4.78, 5) is 0. The van der Waals surface area contributed by atoms with Gasteiger partial charge in [-0.05, 0) is 140 Å². The Balaban J connectivity index is 1.06. The van der Waals surface area contributed by atoms with Crippen molar-refractivity contribution < 1.29 is 0 Å². The molecule has 0 bridgehead atoms. The number of hydrogen-bond acceptors (Lipinski definition) is 0. The van der Waals surface area contributed by atoms with Gasteiger partial charge in [-0.1, -0.05) is 166 Å². The molecule has 0 nitrogen and oxygen atoms in total. The molecule has 0 radical (unpaired) electrons. The first-order valence-electron chi connectivity index (χ1n) is 18.7. The van der Waals surface area contributed by atoms with E-state index in [4.69, 9.17) is 0 Å². The molecule has 10 aromatic carbocycles. The molecule has 0 N–H and O–H groups in total. The van der Waals surface area contributed by atoms with E-state index in [0.717, 1.165) is 0 Å². The van der Waals surface area contributed by atoms with Gasteiger partial charge >= 0.3 is 0 Å². The Morgan fingerprint density at radius 3 is 1.30 bits per heavy atom. The first-order chi connectivity index (χ1) is 26.0. The Hall–Kier alpha value is -6.50. The normalized spacial score (nSPS) is 13.2. The molecule has 0 unspecified atom stereocenters. The van der Waals surface area contributed by atoms with Crippen LogP contribution >= 0.6 is 0 Å². The quantitative estimate of drug-likeness (QED) is 0.164. The molecular weight excluding hydrogens is 637 g/mol. The minimum atomic E-state index is -0.106. The van der Waals surface area contributed by atoms with Crippen molar-refractivity contribution in [3.8, 4) is 44.5 Å². The molecule has 0 heterocycles. The average Bonchev–Trinajstić information content (AvgIpc) is 3.43. The SMILES string of the molecule is CC1(C)c2cc3ccccc3cc2-c2cccc(-c3ccc4cc(-c5c6ccccc6c(-c6ccc7ccccc7c6)c6ccccc56)ccc4c3)c21. The van der Waals surface area contributed by atoms with E-state index in [1.165, 1.54) is 109 Å². The zero-order valence-corrected chi connectivity index (χ0v) is 29.8. The smallest absolute Gasteiger partial charge is 0.0165 e. The highest BCUT2D eigenvalue weighted by Crippen LogP contribution is 2.53. The van der Waals surface area contributed by atoms with Crippen LogP contribution in [0.2, 0.25) is 0 Å². The highest BCUT2D eigenvalue weighted by Gasteiger charge is 2.37. The molecule has 0 spiro atoms. The summed E-state index contributed by atoms with van der Waals surface area (Å²) in [5, 5.41) is 12.7. The minimum Gasteiger partial charge on any atom is -0.0616 e. The minimum absolute atomic E-state index is 0.106. The molecule has 1 aliphatic rings. The lowest BCUT2D eigenvalue weighted by Crippen LogP contribution is -2.16. The van der Waals surface area contributed by atoms with E-state index in [2.05, 4.69) is 196 Å². The van der Waals surface area contributed by atoms with Crippen LogP contribution in [0.1, 0.15) is 25.0 Å². The first-order valence-corrected chi connectivity index (χ1v) is 18.7. The van der Waals surface area contributed by atoms with Gasteiger partial charge < -0.3 is 0 Å². The highest BCUT2D eigenvalue weighted by atomic mass is 14.4. The topological polar surface area (TPSA) is 0 Å². The van der Waals surface area contributed by atoms with Crippen LogP contribution in [0, 0.1) is 0 Å². The summed E-state index contributed by atoms with van der Waals surface area (Å²) in [7, 11) is 0. The van der Waals surface area contributed by atoms with Crippen molar-refractivity contribution >= 4 is 53.9 Å². The molecule has 0 aliphatic heterocycles. The molecule has 0 aromatic heterocycles. The van der Waals surface area contributed by atoms with Crippen molar-refractivity contribution in [1.29, 1.82) is 0 Å². The van der Waals surface area contributed by atoms with Crippen LogP contribution in [0.4, 0.5) is 0 Å². The number of rotatable bonds is 3. The van der Waals surface area contributed by atoms with Crippen molar-refractivity contribution in [3.05, 3.63) is 193 Å². The maximum absolute atomic E-state index is 2.41. The molecule has 1 aliphatic carbocycles. The van der Waals surface area contributed by atoms with Gasteiger partial charge in [0.25, 0.3) is 0 Å². The fraction of sp³-hybridized carbons (Fsp3) is 0.0566. The van der Waals surface area contributed by atoms with Gasteiger partial charge in [0.2, 0.25) is 0 Å². The van der Waals surface area contributed by atoms with E-state index in [1.54, 1.807) is 0 Å². The Bertz CT molecular complexity index is 3080. The standard InChI is InChI=1S/C53H36/c1-53(2)49-32-36-15-6-5-14-35(36)31-48(49)47-21-11-20-42(52(47)53)39-25-23-38-30-41(27-24-37(38)28-39)51-45-18-9-7-16-43(45)50(44-17-8-10-19-46(44)51)40-26-22-33-12-3-4-13-34(33)29-40/h3-32H,1-2H3. The van der Waals surface area contributed by atoms with E-state index >= 15 is 0 Å². The summed E-state index contributed by atoms with van der Waals surface area (Å²) in [6.07, 6.45) is 0. The third-order valence-corrected chi connectivity index (χ3v) is 11.9. The van der Waals surface area contributed by atoms with E-state index < -0.39 is 0 Å². The summed E-state index contributed by atoms with van der Waals surface area (Å²) >= 11 is 0. The predicted molar refractivity (Wildman–Crippen MR) is 228 cm³/mol. The van der Waals surface area contributed by atoms with Crippen LogP contribution in [0.15, 0.2) is 182 Å². The second-order valence-electron chi connectivity index (χ2n) is 15.3. The molecule has 0 heteroatoms. The van der Waals surface area contributed by atoms with E-state index in [0.29, 0.717) is 0 Å². The molecule has 11 rings (SSSR count). The lowest BCUT2D eigenvalue weighted by molar-refractivity contribution is 0.663. The molecule has 0 amide bonds. The Morgan fingerprint density at radius 1 is 0.302 bits per heavy atom. The summed E-state index contributed by atoms with van der Waals surface area (Å²) in [5.41, 5.74) is 13.1. The molecule has 53 heavy (non-hydrogen) atoms. The molecule has 0 saturated carbocycles. The molecule has 248 valence electrons. The largest absolute Gasteiger partial charge is 0.0616 e. The lowest BCUT2D eigenvalue weighted by atomic mass is 9.78. The predicted octanol–water partition coefficient (Wildman–Crippen LogP) is 14.8. The summed E-state index contributed by atoms with van der Waals surface area (Å²) in [6, 6.07) is 67.9. The van der Waals surface area contributed by atoms with Gasteiger partial charge in [-0.25, -0.2) is 0 Å². The van der Waals surface area contributed by atoms with Gasteiger partial charge in [-0.3, -0.25) is 0 Å².